The van der Waals surface area contributed by atoms with Crippen LogP contribution in [0.25, 0.3) is 0 Å². The average molecular weight is 461 g/mol. The molecule has 31 heavy (non-hydrogen) atoms. The number of hydrogen-bond donors (Lipinski definition) is 3. The molecule has 0 spiro atoms. The van der Waals surface area contributed by atoms with Gasteiger partial charge in [0.1, 0.15) is 5.82 Å². The monoisotopic (exact) mass is 460 g/mol. The molecule has 0 aromatic heterocycles. The molecule has 0 saturated heterocycles. The van der Waals surface area contributed by atoms with E-state index < -0.39 is 17.9 Å². The van der Waals surface area contributed by atoms with E-state index in [4.69, 9.17) is 23.2 Å². The second kappa shape index (κ2) is 10.7. The van der Waals surface area contributed by atoms with E-state index in [9.17, 15) is 14.0 Å². The summed E-state index contributed by atoms with van der Waals surface area (Å²) in [4.78, 5) is 26.4. The number of carbonyl (C=O) groups is 2. The molecule has 0 bridgehead atoms. The molecular weight excluding hydrogens is 442 g/mol. The topological polar surface area (TPSA) is 73.5 Å². The molecule has 3 N–H and O–H groups in total. The maximum Gasteiger partial charge on any atom is 0.326 e. The van der Waals surface area contributed by atoms with Crippen LogP contribution in [0.2, 0.25) is 10.0 Å². The Labute approximate surface area is 189 Å². The number of nitrogens with zero attached hydrogens (tertiary/aromatic N) is 1. The largest absolute Gasteiger partial charge is 0.336 e. The van der Waals surface area contributed by atoms with E-state index in [-0.39, 0.29) is 13.1 Å². The Morgan fingerprint density at radius 3 is 2.23 bits per heavy atom. The van der Waals surface area contributed by atoms with Crippen molar-refractivity contribution in [3.8, 4) is 0 Å². The SMILES string of the molecule is O=C(NCCN(C(=O)Nc1ccc(Cl)cc1)c1ccc(F)cc1)Nc1cccc(Cl)c1. The van der Waals surface area contributed by atoms with E-state index in [1.165, 1.54) is 29.2 Å². The highest BCUT2D eigenvalue weighted by molar-refractivity contribution is 6.31. The zero-order valence-corrected chi connectivity index (χ0v) is 17.8. The van der Waals surface area contributed by atoms with E-state index in [1.54, 1.807) is 48.5 Å². The van der Waals surface area contributed by atoms with Crippen LogP contribution in [0, 0.1) is 5.82 Å². The van der Waals surface area contributed by atoms with Crippen molar-refractivity contribution in [2.24, 2.45) is 0 Å². The Bertz CT molecular complexity index is 1050. The lowest BCUT2D eigenvalue weighted by Crippen LogP contribution is -2.42. The Kier molecular flexibility index (Phi) is 7.70. The molecule has 0 aliphatic heterocycles. The third-order valence-electron chi connectivity index (χ3n) is 4.18. The fraction of sp³-hybridized carbons (Fsp3) is 0.0909. The van der Waals surface area contributed by atoms with Gasteiger partial charge in [-0.2, -0.15) is 0 Å². The van der Waals surface area contributed by atoms with Crippen molar-refractivity contribution in [3.05, 3.63) is 88.7 Å². The molecule has 0 unspecified atom stereocenters. The molecule has 0 radical (unpaired) electrons. The van der Waals surface area contributed by atoms with E-state index in [0.717, 1.165) is 0 Å². The summed E-state index contributed by atoms with van der Waals surface area (Å²) in [6.07, 6.45) is 0. The number of hydrogen-bond acceptors (Lipinski definition) is 2. The minimum atomic E-state index is -0.445. The van der Waals surface area contributed by atoms with E-state index in [0.29, 0.717) is 27.1 Å². The number of carbonyl (C=O) groups excluding carboxylic acids is 2. The van der Waals surface area contributed by atoms with Crippen LogP contribution in [0.4, 0.5) is 31.0 Å². The van der Waals surface area contributed by atoms with E-state index in [2.05, 4.69) is 16.0 Å². The predicted octanol–water partition coefficient (Wildman–Crippen LogP) is 5.99. The summed E-state index contributed by atoms with van der Waals surface area (Å²) >= 11 is 11.8. The van der Waals surface area contributed by atoms with Gasteiger partial charge in [0.05, 0.1) is 0 Å². The van der Waals surface area contributed by atoms with Gasteiger partial charge in [0, 0.05) is 40.2 Å². The summed E-state index contributed by atoms with van der Waals surface area (Å²) in [5.41, 5.74) is 1.57. The Hall–Kier alpha value is -3.29. The first-order chi connectivity index (χ1) is 14.9. The fourth-order valence-electron chi connectivity index (χ4n) is 2.72. The molecule has 0 heterocycles. The molecule has 0 atom stereocenters. The first kappa shape index (κ1) is 22.4. The molecule has 4 amide bonds. The lowest BCUT2D eigenvalue weighted by atomic mass is 10.2. The number of anilines is 3. The Morgan fingerprint density at radius 2 is 1.55 bits per heavy atom. The highest BCUT2D eigenvalue weighted by Gasteiger charge is 2.16. The van der Waals surface area contributed by atoms with Crippen molar-refractivity contribution in [2.75, 3.05) is 28.6 Å². The highest BCUT2D eigenvalue weighted by Crippen LogP contribution is 2.18. The molecule has 3 aromatic carbocycles. The average Bonchev–Trinajstić information content (AvgIpc) is 2.74. The zero-order chi connectivity index (χ0) is 22.2. The smallest absolute Gasteiger partial charge is 0.326 e. The molecule has 0 fully saturated rings. The number of urea groups is 2. The molecule has 3 rings (SSSR count). The molecule has 6 nitrogen and oxygen atoms in total. The van der Waals surface area contributed by atoms with Gasteiger partial charge in [-0.05, 0) is 66.7 Å². The van der Waals surface area contributed by atoms with Gasteiger partial charge in [-0.1, -0.05) is 29.3 Å². The number of amides is 4. The maximum atomic E-state index is 13.3. The van der Waals surface area contributed by atoms with Crippen LogP contribution in [0.3, 0.4) is 0 Å². The third-order valence-corrected chi connectivity index (χ3v) is 4.67. The normalized spacial score (nSPS) is 10.3. The zero-order valence-electron chi connectivity index (χ0n) is 16.2. The Morgan fingerprint density at radius 1 is 0.839 bits per heavy atom. The number of rotatable bonds is 6. The summed E-state index contributed by atoms with van der Waals surface area (Å²) in [6, 6.07) is 18.0. The highest BCUT2D eigenvalue weighted by atomic mass is 35.5. The lowest BCUT2D eigenvalue weighted by Gasteiger charge is -2.23. The quantitative estimate of drug-likeness (QED) is 0.422. The standard InChI is InChI=1S/C22H19Cl2FN4O2/c23-15-4-8-18(9-5-15)28-22(31)29(20-10-6-17(25)7-11-20)13-12-26-21(30)27-19-3-1-2-16(24)14-19/h1-11,14H,12-13H2,(H,28,31)(H2,26,27,30). The lowest BCUT2D eigenvalue weighted by molar-refractivity contribution is 0.250. The van der Waals surface area contributed by atoms with Crippen molar-refractivity contribution < 1.29 is 14.0 Å². The fourth-order valence-corrected chi connectivity index (χ4v) is 3.03. The molecule has 3 aromatic rings. The van der Waals surface area contributed by atoms with Gasteiger partial charge < -0.3 is 16.0 Å². The molecule has 160 valence electrons. The van der Waals surface area contributed by atoms with Crippen LogP contribution in [-0.2, 0) is 0 Å². The molecule has 0 aliphatic carbocycles. The van der Waals surface area contributed by atoms with Crippen molar-refractivity contribution in [1.82, 2.24) is 5.32 Å². The van der Waals surface area contributed by atoms with Crippen LogP contribution >= 0.6 is 23.2 Å². The maximum absolute atomic E-state index is 13.3. The van der Waals surface area contributed by atoms with Crippen molar-refractivity contribution in [3.63, 3.8) is 0 Å². The number of halogens is 3. The van der Waals surface area contributed by atoms with E-state index in [1.807, 2.05) is 0 Å². The van der Waals surface area contributed by atoms with Crippen LogP contribution in [-0.4, -0.2) is 25.2 Å². The van der Waals surface area contributed by atoms with Crippen LogP contribution in [0.1, 0.15) is 0 Å². The van der Waals surface area contributed by atoms with Crippen molar-refractivity contribution in [1.29, 1.82) is 0 Å². The van der Waals surface area contributed by atoms with Crippen LogP contribution in [0.15, 0.2) is 72.8 Å². The summed E-state index contributed by atoms with van der Waals surface area (Å²) in [6.45, 7) is 0.297. The third kappa shape index (κ3) is 6.87. The summed E-state index contributed by atoms with van der Waals surface area (Å²) in [7, 11) is 0. The minimum absolute atomic E-state index is 0.147. The van der Waals surface area contributed by atoms with Gasteiger partial charge in [0.2, 0.25) is 0 Å². The van der Waals surface area contributed by atoms with Crippen LogP contribution in [0.5, 0.6) is 0 Å². The molecule has 0 saturated carbocycles. The second-order valence-corrected chi connectivity index (χ2v) is 7.33. The summed E-state index contributed by atoms with van der Waals surface area (Å²) in [5, 5.41) is 9.15. The summed E-state index contributed by atoms with van der Waals surface area (Å²) in [5.74, 6) is -0.416. The van der Waals surface area contributed by atoms with Gasteiger partial charge in [0.15, 0.2) is 0 Å². The summed E-state index contributed by atoms with van der Waals surface area (Å²) < 4.78 is 13.3. The number of benzene rings is 3. The molecular formula is C22H19Cl2FN4O2. The minimum Gasteiger partial charge on any atom is -0.336 e. The van der Waals surface area contributed by atoms with Crippen molar-refractivity contribution >= 4 is 52.3 Å². The first-order valence-electron chi connectivity index (χ1n) is 9.31. The van der Waals surface area contributed by atoms with Gasteiger partial charge in [0.25, 0.3) is 0 Å². The van der Waals surface area contributed by atoms with E-state index >= 15 is 0 Å². The predicted molar refractivity (Wildman–Crippen MR) is 123 cm³/mol. The van der Waals surface area contributed by atoms with Crippen LogP contribution < -0.4 is 20.9 Å². The van der Waals surface area contributed by atoms with Crippen molar-refractivity contribution in [2.45, 2.75) is 0 Å². The second-order valence-electron chi connectivity index (χ2n) is 6.46. The number of nitrogens with one attached hydrogen (secondary N) is 3. The first-order valence-corrected chi connectivity index (χ1v) is 10.1. The molecule has 9 heteroatoms. The molecule has 0 aliphatic rings. The van der Waals surface area contributed by atoms with Gasteiger partial charge in [-0.15, -0.1) is 0 Å². The Balaban J connectivity index is 1.63. The van der Waals surface area contributed by atoms with Gasteiger partial charge in [-0.3, -0.25) is 4.90 Å². The van der Waals surface area contributed by atoms with Gasteiger partial charge in [-0.25, -0.2) is 14.0 Å². The van der Waals surface area contributed by atoms with Gasteiger partial charge >= 0.3 is 12.1 Å².